The second kappa shape index (κ2) is 8.29. The summed E-state index contributed by atoms with van der Waals surface area (Å²) < 4.78 is 0. The maximum Gasteiger partial charge on any atom is 0.259 e. The van der Waals surface area contributed by atoms with Crippen molar-refractivity contribution >= 4 is 51.1 Å². The monoisotopic (exact) mass is 438 g/mol. The van der Waals surface area contributed by atoms with Crippen LogP contribution in [0.4, 0.5) is 10.7 Å². The Hall–Kier alpha value is -2.79. The topological polar surface area (TPSA) is 55.1 Å². The summed E-state index contributed by atoms with van der Waals surface area (Å²) in [5.41, 5.74) is 10.1. The summed E-state index contributed by atoms with van der Waals surface area (Å²) in [6, 6.07) is 24.2. The van der Waals surface area contributed by atoms with Crippen LogP contribution in [-0.2, 0) is 0 Å². The third-order valence-electron chi connectivity index (χ3n) is 4.43. The van der Waals surface area contributed by atoms with Crippen molar-refractivity contribution < 1.29 is 4.79 Å². The van der Waals surface area contributed by atoms with Crippen molar-refractivity contribution in [1.82, 2.24) is 0 Å². The van der Waals surface area contributed by atoms with Gasteiger partial charge in [-0.1, -0.05) is 65.7 Å². The minimum absolute atomic E-state index is 0.255. The average Bonchev–Trinajstić information content (AvgIpc) is 3.07. The first-order chi connectivity index (χ1) is 14.0. The van der Waals surface area contributed by atoms with Gasteiger partial charge in [0, 0.05) is 26.2 Å². The molecule has 0 unspecified atom stereocenters. The highest BCUT2D eigenvalue weighted by atomic mass is 35.5. The number of thiophene rings is 1. The standard InChI is InChI=1S/C23H16Cl2N2OS/c24-16-10-6-14(7-11-16)19-20(23(28)27-18-4-2-1-3-5-18)22(26)29-21(19)15-8-12-17(25)13-9-15/h1-13H,26H2,(H,27,28). The van der Waals surface area contributed by atoms with Crippen LogP contribution in [0.5, 0.6) is 0 Å². The number of benzene rings is 3. The first-order valence-electron chi connectivity index (χ1n) is 8.83. The van der Waals surface area contributed by atoms with Gasteiger partial charge in [-0.2, -0.15) is 0 Å². The molecule has 3 nitrogen and oxygen atoms in total. The summed E-state index contributed by atoms with van der Waals surface area (Å²) in [6.07, 6.45) is 0. The van der Waals surface area contributed by atoms with E-state index in [4.69, 9.17) is 28.9 Å². The average molecular weight is 439 g/mol. The van der Waals surface area contributed by atoms with Crippen LogP contribution in [0.3, 0.4) is 0 Å². The Balaban J connectivity index is 1.87. The van der Waals surface area contributed by atoms with Crippen molar-refractivity contribution in [2.24, 2.45) is 0 Å². The predicted molar refractivity (Wildman–Crippen MR) is 124 cm³/mol. The highest BCUT2D eigenvalue weighted by Crippen LogP contribution is 2.45. The molecule has 6 heteroatoms. The molecule has 1 amide bonds. The molecule has 3 aromatic carbocycles. The summed E-state index contributed by atoms with van der Waals surface area (Å²) in [6.45, 7) is 0. The predicted octanol–water partition coefficient (Wildman–Crippen LogP) is 7.22. The third kappa shape index (κ3) is 4.15. The molecule has 4 aromatic rings. The van der Waals surface area contributed by atoms with E-state index in [0.29, 0.717) is 26.3 Å². The molecule has 4 rings (SSSR count). The fraction of sp³-hybridized carbons (Fsp3) is 0. The van der Waals surface area contributed by atoms with E-state index < -0.39 is 0 Å². The highest BCUT2D eigenvalue weighted by Gasteiger charge is 2.24. The van der Waals surface area contributed by atoms with Gasteiger partial charge < -0.3 is 11.1 Å². The van der Waals surface area contributed by atoms with Crippen LogP contribution in [0.2, 0.25) is 10.0 Å². The summed E-state index contributed by atoms with van der Waals surface area (Å²) >= 11 is 13.5. The molecule has 0 bridgehead atoms. The van der Waals surface area contributed by atoms with E-state index >= 15 is 0 Å². The van der Waals surface area contributed by atoms with Crippen LogP contribution >= 0.6 is 34.5 Å². The summed E-state index contributed by atoms with van der Waals surface area (Å²) in [7, 11) is 0. The number of para-hydroxylation sites is 1. The Morgan fingerprint density at radius 1 is 0.793 bits per heavy atom. The third-order valence-corrected chi connectivity index (χ3v) is 6.01. The molecule has 0 radical (unpaired) electrons. The van der Waals surface area contributed by atoms with E-state index in [0.717, 1.165) is 21.6 Å². The number of nitrogens with two attached hydrogens (primary N) is 1. The van der Waals surface area contributed by atoms with Gasteiger partial charge in [0.05, 0.1) is 10.6 Å². The van der Waals surface area contributed by atoms with E-state index in [1.807, 2.05) is 66.7 Å². The van der Waals surface area contributed by atoms with Crippen LogP contribution in [0.1, 0.15) is 10.4 Å². The molecule has 0 saturated carbocycles. The van der Waals surface area contributed by atoms with Gasteiger partial charge in [0.1, 0.15) is 0 Å². The van der Waals surface area contributed by atoms with E-state index in [9.17, 15) is 4.79 Å². The second-order valence-electron chi connectivity index (χ2n) is 6.38. The van der Waals surface area contributed by atoms with Crippen molar-refractivity contribution in [3.05, 3.63) is 94.5 Å². The number of hydrogen-bond acceptors (Lipinski definition) is 3. The Morgan fingerprint density at radius 3 is 1.93 bits per heavy atom. The Bertz CT molecular complexity index is 1150. The van der Waals surface area contributed by atoms with Gasteiger partial charge in [-0.25, -0.2) is 0 Å². The minimum atomic E-state index is -0.255. The number of halogens is 2. The lowest BCUT2D eigenvalue weighted by atomic mass is 9.97. The number of carbonyl (C=O) groups excluding carboxylic acids is 1. The van der Waals surface area contributed by atoms with Gasteiger partial charge in [-0.3, -0.25) is 4.79 Å². The first kappa shape index (κ1) is 19.5. The lowest BCUT2D eigenvalue weighted by molar-refractivity contribution is 0.102. The lowest BCUT2D eigenvalue weighted by Crippen LogP contribution is -2.13. The number of anilines is 2. The zero-order valence-electron chi connectivity index (χ0n) is 15.2. The number of nitrogens with one attached hydrogen (secondary N) is 1. The zero-order valence-corrected chi connectivity index (χ0v) is 17.5. The molecule has 0 saturated heterocycles. The molecular formula is C23H16Cl2N2OS. The molecule has 0 aliphatic carbocycles. The number of carbonyl (C=O) groups is 1. The summed E-state index contributed by atoms with van der Waals surface area (Å²) in [4.78, 5) is 14.1. The van der Waals surface area contributed by atoms with Gasteiger partial charge >= 0.3 is 0 Å². The summed E-state index contributed by atoms with van der Waals surface area (Å²) in [5.74, 6) is -0.255. The number of nitrogen functional groups attached to an aromatic ring is 1. The van der Waals surface area contributed by atoms with Gasteiger partial charge in [-0.05, 0) is 47.5 Å². The van der Waals surface area contributed by atoms with Crippen molar-refractivity contribution in [3.8, 4) is 21.6 Å². The molecule has 0 fully saturated rings. The van der Waals surface area contributed by atoms with Crippen molar-refractivity contribution in [2.45, 2.75) is 0 Å². The van der Waals surface area contributed by atoms with Crippen LogP contribution < -0.4 is 11.1 Å². The molecule has 0 aliphatic heterocycles. The van der Waals surface area contributed by atoms with E-state index in [2.05, 4.69) is 5.32 Å². The molecular weight excluding hydrogens is 423 g/mol. The quantitative estimate of drug-likeness (QED) is 0.353. The van der Waals surface area contributed by atoms with Crippen LogP contribution in [0.15, 0.2) is 78.9 Å². The van der Waals surface area contributed by atoms with E-state index in [-0.39, 0.29) is 5.91 Å². The smallest absolute Gasteiger partial charge is 0.259 e. The zero-order chi connectivity index (χ0) is 20.4. The van der Waals surface area contributed by atoms with Gasteiger partial charge in [0.15, 0.2) is 0 Å². The van der Waals surface area contributed by atoms with Gasteiger partial charge in [-0.15, -0.1) is 11.3 Å². The molecule has 1 aromatic heterocycles. The Morgan fingerprint density at radius 2 is 1.34 bits per heavy atom. The number of amides is 1. The molecule has 1 heterocycles. The minimum Gasteiger partial charge on any atom is -0.390 e. The Labute approximate surface area is 182 Å². The molecule has 0 spiro atoms. The molecule has 3 N–H and O–H groups in total. The fourth-order valence-electron chi connectivity index (χ4n) is 3.09. The molecule has 144 valence electrons. The van der Waals surface area contributed by atoms with Crippen LogP contribution in [0, 0.1) is 0 Å². The maximum atomic E-state index is 13.2. The molecule has 0 aliphatic rings. The first-order valence-corrected chi connectivity index (χ1v) is 10.4. The van der Waals surface area contributed by atoms with E-state index in [1.54, 1.807) is 12.1 Å². The number of rotatable bonds is 4. The summed E-state index contributed by atoms with van der Waals surface area (Å²) in [5, 5.41) is 4.66. The van der Waals surface area contributed by atoms with E-state index in [1.165, 1.54) is 11.3 Å². The maximum absolute atomic E-state index is 13.2. The molecule has 29 heavy (non-hydrogen) atoms. The Kier molecular flexibility index (Phi) is 5.58. The van der Waals surface area contributed by atoms with Crippen molar-refractivity contribution in [3.63, 3.8) is 0 Å². The van der Waals surface area contributed by atoms with Crippen molar-refractivity contribution in [2.75, 3.05) is 11.1 Å². The highest BCUT2D eigenvalue weighted by molar-refractivity contribution is 7.20. The fourth-order valence-corrected chi connectivity index (χ4v) is 4.43. The lowest BCUT2D eigenvalue weighted by Gasteiger charge is -2.10. The number of hydrogen-bond donors (Lipinski definition) is 2. The van der Waals surface area contributed by atoms with Crippen LogP contribution in [-0.4, -0.2) is 5.91 Å². The van der Waals surface area contributed by atoms with Crippen LogP contribution in [0.25, 0.3) is 21.6 Å². The van der Waals surface area contributed by atoms with Gasteiger partial charge in [0.25, 0.3) is 5.91 Å². The normalized spacial score (nSPS) is 10.7. The molecule has 0 atom stereocenters. The van der Waals surface area contributed by atoms with Crippen molar-refractivity contribution in [1.29, 1.82) is 0 Å². The largest absolute Gasteiger partial charge is 0.390 e. The second-order valence-corrected chi connectivity index (χ2v) is 8.30. The van der Waals surface area contributed by atoms with Gasteiger partial charge in [0.2, 0.25) is 0 Å². The SMILES string of the molecule is Nc1sc(-c2ccc(Cl)cc2)c(-c2ccc(Cl)cc2)c1C(=O)Nc1ccccc1.